The third-order valence-corrected chi connectivity index (χ3v) is 2.91. The first-order chi connectivity index (χ1) is 9.81. The van der Waals surface area contributed by atoms with Crippen LogP contribution in [0.2, 0.25) is 0 Å². The van der Waals surface area contributed by atoms with Crippen molar-refractivity contribution in [3.63, 3.8) is 0 Å². The minimum atomic E-state index is 0.420. The fourth-order valence-corrected chi connectivity index (χ4v) is 1.92. The molecule has 0 bridgehead atoms. The summed E-state index contributed by atoms with van der Waals surface area (Å²) < 4.78 is 7.50. The predicted octanol–water partition coefficient (Wildman–Crippen LogP) is 3.03. The van der Waals surface area contributed by atoms with Gasteiger partial charge in [-0.05, 0) is 30.3 Å². The van der Waals surface area contributed by atoms with Gasteiger partial charge in [-0.2, -0.15) is 5.10 Å². The van der Waals surface area contributed by atoms with Crippen LogP contribution in [0, 0.1) is 0 Å². The number of anilines is 1. The highest BCUT2D eigenvalue weighted by Gasteiger charge is 2.02. The maximum absolute atomic E-state index is 5.71. The summed E-state index contributed by atoms with van der Waals surface area (Å²) in [5.41, 5.74) is 8.30. The highest BCUT2D eigenvalue weighted by Crippen LogP contribution is 2.16. The summed E-state index contributed by atoms with van der Waals surface area (Å²) in [6, 6.07) is 19.3. The van der Waals surface area contributed by atoms with E-state index in [9.17, 15) is 0 Å². The molecule has 4 nitrogen and oxygen atoms in total. The van der Waals surface area contributed by atoms with Crippen LogP contribution in [0.15, 0.2) is 66.9 Å². The lowest BCUT2D eigenvalue weighted by Gasteiger charge is -2.04. The van der Waals surface area contributed by atoms with Crippen molar-refractivity contribution in [1.29, 1.82) is 0 Å². The molecule has 0 saturated carbocycles. The van der Waals surface area contributed by atoms with Crippen LogP contribution in [-0.4, -0.2) is 9.78 Å². The normalized spacial score (nSPS) is 10.4. The molecule has 20 heavy (non-hydrogen) atoms. The molecule has 4 heteroatoms. The smallest absolute Gasteiger partial charge is 0.132 e. The summed E-state index contributed by atoms with van der Waals surface area (Å²) in [7, 11) is 0. The second-order valence-electron chi connectivity index (χ2n) is 4.45. The van der Waals surface area contributed by atoms with Crippen molar-refractivity contribution in [2.75, 3.05) is 5.73 Å². The van der Waals surface area contributed by atoms with E-state index in [-0.39, 0.29) is 0 Å². The SMILES string of the molecule is Nc1cccc(OCc2ccn(-c3ccccc3)n2)c1. The van der Waals surface area contributed by atoms with Gasteiger partial charge in [0, 0.05) is 18.0 Å². The number of nitrogen functional groups attached to an aromatic ring is 1. The molecule has 2 N–H and O–H groups in total. The van der Waals surface area contributed by atoms with Crippen molar-refractivity contribution in [2.45, 2.75) is 6.61 Å². The van der Waals surface area contributed by atoms with E-state index in [0.717, 1.165) is 17.1 Å². The fraction of sp³-hybridized carbons (Fsp3) is 0.0625. The van der Waals surface area contributed by atoms with E-state index >= 15 is 0 Å². The Hall–Kier alpha value is -2.75. The average Bonchev–Trinajstić information content (AvgIpc) is 2.95. The van der Waals surface area contributed by atoms with Gasteiger partial charge in [-0.25, -0.2) is 4.68 Å². The number of rotatable bonds is 4. The number of benzene rings is 2. The van der Waals surface area contributed by atoms with Gasteiger partial charge in [0.1, 0.15) is 18.1 Å². The first-order valence-corrected chi connectivity index (χ1v) is 6.39. The number of aromatic nitrogens is 2. The zero-order chi connectivity index (χ0) is 13.8. The van der Waals surface area contributed by atoms with Crippen molar-refractivity contribution in [3.05, 3.63) is 72.6 Å². The summed E-state index contributed by atoms with van der Waals surface area (Å²) >= 11 is 0. The molecule has 0 radical (unpaired) electrons. The summed E-state index contributed by atoms with van der Waals surface area (Å²) in [6.07, 6.45) is 1.92. The maximum atomic E-state index is 5.71. The second-order valence-corrected chi connectivity index (χ2v) is 4.45. The quantitative estimate of drug-likeness (QED) is 0.738. The molecule has 0 fully saturated rings. The Morgan fingerprint density at radius 2 is 1.85 bits per heavy atom. The van der Waals surface area contributed by atoms with Crippen LogP contribution in [0.1, 0.15) is 5.69 Å². The van der Waals surface area contributed by atoms with Crippen LogP contribution in [0.5, 0.6) is 5.75 Å². The van der Waals surface area contributed by atoms with Crippen LogP contribution in [0.3, 0.4) is 0 Å². The second kappa shape index (κ2) is 5.48. The number of hydrogen-bond donors (Lipinski definition) is 1. The monoisotopic (exact) mass is 265 g/mol. The molecule has 0 aliphatic carbocycles. The van der Waals surface area contributed by atoms with Crippen molar-refractivity contribution in [1.82, 2.24) is 9.78 Å². The molecule has 3 rings (SSSR count). The summed E-state index contributed by atoms with van der Waals surface area (Å²) in [4.78, 5) is 0. The molecule has 3 aromatic rings. The van der Waals surface area contributed by atoms with Crippen molar-refractivity contribution >= 4 is 5.69 Å². The van der Waals surface area contributed by atoms with E-state index in [1.165, 1.54) is 0 Å². The molecule has 1 aromatic heterocycles. The summed E-state index contributed by atoms with van der Waals surface area (Å²) in [6.45, 7) is 0.420. The lowest BCUT2D eigenvalue weighted by atomic mass is 10.3. The molecule has 0 atom stereocenters. The maximum Gasteiger partial charge on any atom is 0.132 e. The predicted molar refractivity (Wildman–Crippen MR) is 78.8 cm³/mol. The van der Waals surface area contributed by atoms with E-state index in [1.54, 1.807) is 6.07 Å². The molecule has 2 aromatic carbocycles. The van der Waals surface area contributed by atoms with Crippen molar-refractivity contribution < 1.29 is 4.74 Å². The average molecular weight is 265 g/mol. The standard InChI is InChI=1S/C16H15N3O/c17-13-5-4-8-16(11-13)20-12-14-9-10-19(18-14)15-6-2-1-3-7-15/h1-11H,12,17H2. The van der Waals surface area contributed by atoms with Crippen LogP contribution in [0.4, 0.5) is 5.69 Å². The Labute approximate surface area is 117 Å². The largest absolute Gasteiger partial charge is 0.487 e. The first-order valence-electron chi connectivity index (χ1n) is 6.39. The Morgan fingerprint density at radius 3 is 2.65 bits per heavy atom. The van der Waals surface area contributed by atoms with E-state index in [4.69, 9.17) is 10.5 Å². The number of para-hydroxylation sites is 1. The topological polar surface area (TPSA) is 53.1 Å². The zero-order valence-electron chi connectivity index (χ0n) is 10.9. The number of nitrogens with two attached hydrogens (primary N) is 1. The molecule has 0 saturated heterocycles. The van der Waals surface area contributed by atoms with Gasteiger partial charge < -0.3 is 10.5 Å². The van der Waals surface area contributed by atoms with Crippen LogP contribution in [-0.2, 0) is 6.61 Å². The number of nitrogens with zero attached hydrogens (tertiary/aromatic N) is 2. The lowest BCUT2D eigenvalue weighted by molar-refractivity contribution is 0.300. The molecule has 0 amide bonds. The Balaban J connectivity index is 1.69. The molecule has 0 aliphatic heterocycles. The van der Waals surface area contributed by atoms with Crippen molar-refractivity contribution in [2.24, 2.45) is 0 Å². The molecule has 0 spiro atoms. The van der Waals surface area contributed by atoms with Crippen LogP contribution < -0.4 is 10.5 Å². The van der Waals surface area contributed by atoms with Gasteiger partial charge in [-0.3, -0.25) is 0 Å². The van der Waals surface area contributed by atoms with Gasteiger partial charge in [0.25, 0.3) is 0 Å². The van der Waals surface area contributed by atoms with E-state index in [0.29, 0.717) is 12.3 Å². The Kier molecular flexibility index (Phi) is 3.37. The third kappa shape index (κ3) is 2.80. The Morgan fingerprint density at radius 1 is 1.00 bits per heavy atom. The summed E-state index contributed by atoms with van der Waals surface area (Å²) in [5, 5.41) is 4.48. The molecule has 1 heterocycles. The minimum Gasteiger partial charge on any atom is -0.487 e. The number of ether oxygens (including phenoxy) is 1. The molecule has 0 unspecified atom stereocenters. The zero-order valence-corrected chi connectivity index (χ0v) is 10.9. The van der Waals surface area contributed by atoms with Gasteiger partial charge >= 0.3 is 0 Å². The first kappa shape index (κ1) is 12.3. The van der Waals surface area contributed by atoms with Gasteiger partial charge in [-0.1, -0.05) is 24.3 Å². The van der Waals surface area contributed by atoms with E-state index < -0.39 is 0 Å². The molecule has 100 valence electrons. The number of hydrogen-bond acceptors (Lipinski definition) is 3. The van der Waals surface area contributed by atoms with Crippen LogP contribution >= 0.6 is 0 Å². The van der Waals surface area contributed by atoms with Crippen LogP contribution in [0.25, 0.3) is 5.69 Å². The fourth-order valence-electron chi connectivity index (χ4n) is 1.92. The lowest BCUT2D eigenvalue weighted by Crippen LogP contribution is -1.99. The summed E-state index contributed by atoms with van der Waals surface area (Å²) in [5.74, 6) is 0.749. The van der Waals surface area contributed by atoms with Gasteiger partial charge in [-0.15, -0.1) is 0 Å². The molecule has 0 aliphatic rings. The third-order valence-electron chi connectivity index (χ3n) is 2.91. The van der Waals surface area contributed by atoms with Gasteiger partial charge in [0.15, 0.2) is 0 Å². The van der Waals surface area contributed by atoms with Gasteiger partial charge in [0.05, 0.1) is 5.69 Å². The van der Waals surface area contributed by atoms with Gasteiger partial charge in [0.2, 0.25) is 0 Å². The highest BCUT2D eigenvalue weighted by atomic mass is 16.5. The highest BCUT2D eigenvalue weighted by molar-refractivity contribution is 5.43. The molecular formula is C16H15N3O. The van der Waals surface area contributed by atoms with E-state index in [2.05, 4.69) is 5.10 Å². The van der Waals surface area contributed by atoms with Crippen molar-refractivity contribution in [3.8, 4) is 11.4 Å². The molecular weight excluding hydrogens is 250 g/mol. The van der Waals surface area contributed by atoms with E-state index in [1.807, 2.05) is 65.5 Å². The minimum absolute atomic E-state index is 0.420. The Bertz CT molecular complexity index is 692.